The number of carbonyl (C=O) groups is 1. The summed E-state index contributed by atoms with van der Waals surface area (Å²) in [7, 11) is 0. The molecular weight excluding hydrogens is 256 g/mol. The topological polar surface area (TPSA) is 53.4 Å². The number of aromatic nitrogens is 2. The van der Waals surface area contributed by atoms with E-state index in [2.05, 4.69) is 5.10 Å². The van der Waals surface area contributed by atoms with E-state index in [0.29, 0.717) is 18.9 Å². The van der Waals surface area contributed by atoms with Gasteiger partial charge in [0.1, 0.15) is 6.10 Å². The third kappa shape index (κ3) is 2.58. The van der Waals surface area contributed by atoms with Gasteiger partial charge in [-0.1, -0.05) is 18.2 Å². The number of aryl methyl sites for hydroxylation is 1. The molecule has 1 fully saturated rings. The van der Waals surface area contributed by atoms with Crippen LogP contribution in [0.2, 0.25) is 0 Å². The Balaban J connectivity index is 1.79. The Hall–Kier alpha value is -2.14. The Morgan fingerprint density at radius 2 is 2.20 bits per heavy atom. The van der Waals surface area contributed by atoms with E-state index in [4.69, 9.17) is 9.47 Å². The lowest BCUT2D eigenvalue weighted by Crippen LogP contribution is -2.18. The van der Waals surface area contributed by atoms with Crippen LogP contribution in [0, 0.1) is 6.92 Å². The largest absolute Gasteiger partial charge is 0.455 e. The number of hydrogen-bond donors (Lipinski definition) is 0. The van der Waals surface area contributed by atoms with Crippen molar-refractivity contribution in [1.29, 1.82) is 0 Å². The first-order valence-electron chi connectivity index (χ1n) is 6.65. The van der Waals surface area contributed by atoms with Crippen LogP contribution >= 0.6 is 0 Å². The second-order valence-corrected chi connectivity index (χ2v) is 4.81. The molecule has 2 heterocycles. The first-order valence-corrected chi connectivity index (χ1v) is 6.65. The van der Waals surface area contributed by atoms with E-state index in [9.17, 15) is 4.79 Å². The minimum absolute atomic E-state index is 0.148. The van der Waals surface area contributed by atoms with E-state index in [0.717, 1.165) is 17.8 Å². The van der Waals surface area contributed by atoms with Crippen molar-refractivity contribution >= 4 is 5.97 Å². The van der Waals surface area contributed by atoms with Crippen molar-refractivity contribution in [3.63, 3.8) is 0 Å². The minimum atomic E-state index is -0.390. The maximum absolute atomic E-state index is 12.0. The van der Waals surface area contributed by atoms with Gasteiger partial charge in [-0.2, -0.15) is 5.10 Å². The molecule has 0 spiro atoms. The minimum Gasteiger partial charge on any atom is -0.455 e. The standard InChI is InChI=1S/C15H16N2O3/c1-11-9-14(15(18)20-13-7-8-19-10-13)16-17(11)12-5-3-2-4-6-12/h2-6,9,13H,7-8,10H2,1H3/t13-/m0/s1. The van der Waals surface area contributed by atoms with E-state index in [-0.39, 0.29) is 6.10 Å². The van der Waals surface area contributed by atoms with Crippen LogP contribution in [0.15, 0.2) is 36.4 Å². The molecule has 1 aromatic heterocycles. The maximum atomic E-state index is 12.0. The molecule has 1 aromatic carbocycles. The van der Waals surface area contributed by atoms with E-state index in [1.54, 1.807) is 10.7 Å². The molecule has 5 nitrogen and oxygen atoms in total. The van der Waals surface area contributed by atoms with Crippen LogP contribution in [0.1, 0.15) is 22.6 Å². The fourth-order valence-corrected chi connectivity index (χ4v) is 2.22. The normalized spacial score (nSPS) is 18.1. The van der Waals surface area contributed by atoms with Crippen LogP contribution in [0.5, 0.6) is 0 Å². The lowest BCUT2D eigenvalue weighted by atomic mass is 10.3. The number of nitrogens with zero attached hydrogens (tertiary/aromatic N) is 2. The van der Waals surface area contributed by atoms with E-state index in [1.165, 1.54) is 0 Å². The van der Waals surface area contributed by atoms with Gasteiger partial charge in [-0.25, -0.2) is 9.48 Å². The summed E-state index contributed by atoms with van der Waals surface area (Å²) in [5, 5.41) is 4.32. The van der Waals surface area contributed by atoms with Crippen molar-refractivity contribution in [3.05, 3.63) is 47.8 Å². The predicted octanol–water partition coefficient (Wildman–Crippen LogP) is 2.13. The molecule has 0 amide bonds. The van der Waals surface area contributed by atoms with E-state index < -0.39 is 5.97 Å². The van der Waals surface area contributed by atoms with Crippen LogP contribution in [0.3, 0.4) is 0 Å². The lowest BCUT2D eigenvalue weighted by Gasteiger charge is -2.08. The number of hydrogen-bond acceptors (Lipinski definition) is 4. The zero-order valence-corrected chi connectivity index (χ0v) is 11.3. The number of ether oxygens (including phenoxy) is 2. The third-order valence-electron chi connectivity index (χ3n) is 3.26. The van der Waals surface area contributed by atoms with Gasteiger partial charge in [-0.05, 0) is 25.1 Å². The predicted molar refractivity (Wildman–Crippen MR) is 72.9 cm³/mol. The highest BCUT2D eigenvalue weighted by molar-refractivity contribution is 5.87. The van der Waals surface area contributed by atoms with Gasteiger partial charge in [0, 0.05) is 12.1 Å². The quantitative estimate of drug-likeness (QED) is 0.803. The highest BCUT2D eigenvalue weighted by atomic mass is 16.6. The molecule has 0 aliphatic carbocycles. The highest BCUT2D eigenvalue weighted by Crippen LogP contribution is 2.15. The molecule has 2 aromatic rings. The molecule has 0 unspecified atom stereocenters. The van der Waals surface area contributed by atoms with Gasteiger partial charge < -0.3 is 9.47 Å². The van der Waals surface area contributed by atoms with Crippen molar-refractivity contribution in [2.45, 2.75) is 19.4 Å². The molecule has 0 saturated carbocycles. The first-order chi connectivity index (χ1) is 9.74. The average Bonchev–Trinajstić information content (AvgIpc) is 3.09. The molecule has 5 heteroatoms. The second-order valence-electron chi connectivity index (χ2n) is 4.81. The first kappa shape index (κ1) is 12.9. The molecule has 20 heavy (non-hydrogen) atoms. The molecular formula is C15H16N2O3. The summed E-state index contributed by atoms with van der Waals surface area (Å²) in [6.45, 7) is 3.04. The summed E-state index contributed by atoms with van der Waals surface area (Å²) < 4.78 is 12.3. The highest BCUT2D eigenvalue weighted by Gasteiger charge is 2.22. The number of benzene rings is 1. The Labute approximate surface area is 117 Å². The van der Waals surface area contributed by atoms with Gasteiger partial charge in [0.15, 0.2) is 5.69 Å². The lowest BCUT2D eigenvalue weighted by molar-refractivity contribution is 0.0263. The van der Waals surface area contributed by atoms with Gasteiger partial charge in [0.25, 0.3) is 0 Å². The van der Waals surface area contributed by atoms with Crippen LogP contribution in [-0.2, 0) is 9.47 Å². The summed E-state index contributed by atoms with van der Waals surface area (Å²) in [6, 6.07) is 11.4. The van der Waals surface area contributed by atoms with Crippen LogP contribution in [0.4, 0.5) is 0 Å². The Kier molecular flexibility index (Phi) is 3.52. The van der Waals surface area contributed by atoms with Crippen molar-refractivity contribution in [3.8, 4) is 5.69 Å². The summed E-state index contributed by atoms with van der Waals surface area (Å²) in [6.07, 6.45) is 0.606. The number of esters is 1. The van der Waals surface area contributed by atoms with E-state index >= 15 is 0 Å². The molecule has 1 atom stereocenters. The number of para-hydroxylation sites is 1. The van der Waals surface area contributed by atoms with Crippen molar-refractivity contribution in [2.24, 2.45) is 0 Å². The van der Waals surface area contributed by atoms with Crippen LogP contribution < -0.4 is 0 Å². The molecule has 1 aliphatic heterocycles. The summed E-state index contributed by atoms with van der Waals surface area (Å²) >= 11 is 0. The fourth-order valence-electron chi connectivity index (χ4n) is 2.22. The molecule has 3 rings (SSSR count). The van der Waals surface area contributed by atoms with Crippen molar-refractivity contribution in [1.82, 2.24) is 9.78 Å². The Morgan fingerprint density at radius 3 is 2.90 bits per heavy atom. The summed E-state index contributed by atoms with van der Waals surface area (Å²) in [5.74, 6) is -0.390. The second kappa shape index (κ2) is 5.46. The molecule has 1 aliphatic rings. The Morgan fingerprint density at radius 1 is 1.40 bits per heavy atom. The zero-order chi connectivity index (χ0) is 13.9. The molecule has 104 valence electrons. The monoisotopic (exact) mass is 272 g/mol. The molecule has 0 N–H and O–H groups in total. The number of rotatable bonds is 3. The average molecular weight is 272 g/mol. The smallest absolute Gasteiger partial charge is 0.359 e. The van der Waals surface area contributed by atoms with Crippen molar-refractivity contribution in [2.75, 3.05) is 13.2 Å². The van der Waals surface area contributed by atoms with Crippen LogP contribution in [-0.4, -0.2) is 35.1 Å². The van der Waals surface area contributed by atoms with Crippen molar-refractivity contribution < 1.29 is 14.3 Å². The maximum Gasteiger partial charge on any atom is 0.359 e. The molecule has 0 radical (unpaired) electrons. The molecule has 0 bridgehead atoms. The summed E-state index contributed by atoms with van der Waals surface area (Å²) in [4.78, 5) is 12.0. The number of carbonyl (C=O) groups excluding carboxylic acids is 1. The van der Waals surface area contributed by atoms with Crippen LogP contribution in [0.25, 0.3) is 5.69 Å². The zero-order valence-electron chi connectivity index (χ0n) is 11.3. The Bertz CT molecular complexity index is 601. The molecule has 1 saturated heterocycles. The van der Waals surface area contributed by atoms with E-state index in [1.807, 2.05) is 37.3 Å². The van der Waals surface area contributed by atoms with Gasteiger partial charge in [0.2, 0.25) is 0 Å². The van der Waals surface area contributed by atoms with Gasteiger partial charge in [-0.3, -0.25) is 0 Å². The third-order valence-corrected chi connectivity index (χ3v) is 3.26. The van der Waals surface area contributed by atoms with Gasteiger partial charge in [-0.15, -0.1) is 0 Å². The van der Waals surface area contributed by atoms with Gasteiger partial charge >= 0.3 is 5.97 Å². The SMILES string of the molecule is Cc1cc(C(=O)O[C@H]2CCOC2)nn1-c1ccccc1. The summed E-state index contributed by atoms with van der Waals surface area (Å²) in [5.41, 5.74) is 2.15. The fraction of sp³-hybridized carbons (Fsp3) is 0.333. The van der Waals surface area contributed by atoms with Gasteiger partial charge in [0.05, 0.1) is 18.9 Å².